The predicted molar refractivity (Wildman–Crippen MR) is 114 cm³/mol. The molecular formula is C21H19Cl2FN4O2. The summed E-state index contributed by atoms with van der Waals surface area (Å²) in [5.41, 5.74) is 7.34. The number of carbonyl (C=O) groups is 1. The SMILES string of the molecule is Cc1[nH]c(C2CC2)nc1C(=O)NCc1ccc(Cl)c(Oc2cc(N)cc(Cl)c2)c1F. The number of imidazole rings is 1. The van der Waals surface area contributed by atoms with E-state index >= 15 is 4.39 Å². The van der Waals surface area contributed by atoms with Gasteiger partial charge in [-0.2, -0.15) is 0 Å². The fourth-order valence-corrected chi connectivity index (χ4v) is 3.50. The summed E-state index contributed by atoms with van der Waals surface area (Å²) in [5.74, 6) is 0.249. The highest BCUT2D eigenvalue weighted by Crippen LogP contribution is 2.38. The first-order chi connectivity index (χ1) is 14.3. The van der Waals surface area contributed by atoms with E-state index in [2.05, 4.69) is 15.3 Å². The maximum atomic E-state index is 15.0. The van der Waals surface area contributed by atoms with Crippen LogP contribution in [0.3, 0.4) is 0 Å². The second-order valence-electron chi connectivity index (χ2n) is 7.22. The van der Waals surface area contributed by atoms with Crippen LogP contribution in [0.1, 0.15) is 46.3 Å². The maximum absolute atomic E-state index is 15.0. The molecule has 1 fully saturated rings. The molecule has 0 bridgehead atoms. The Morgan fingerprint density at radius 2 is 2.10 bits per heavy atom. The average molecular weight is 449 g/mol. The van der Waals surface area contributed by atoms with Gasteiger partial charge < -0.3 is 20.8 Å². The minimum Gasteiger partial charge on any atom is -0.453 e. The summed E-state index contributed by atoms with van der Waals surface area (Å²) < 4.78 is 20.6. The number of hydrogen-bond donors (Lipinski definition) is 3. The van der Waals surface area contributed by atoms with Gasteiger partial charge in [0.05, 0.1) is 5.02 Å². The monoisotopic (exact) mass is 448 g/mol. The number of carbonyl (C=O) groups excluding carboxylic acids is 1. The van der Waals surface area contributed by atoms with Gasteiger partial charge in [-0.25, -0.2) is 9.37 Å². The molecule has 1 heterocycles. The average Bonchev–Trinajstić information content (AvgIpc) is 3.45. The first kappa shape index (κ1) is 20.5. The fourth-order valence-electron chi connectivity index (χ4n) is 3.08. The van der Waals surface area contributed by atoms with E-state index < -0.39 is 5.82 Å². The van der Waals surface area contributed by atoms with Crippen LogP contribution in [0, 0.1) is 12.7 Å². The Morgan fingerprint density at radius 3 is 2.80 bits per heavy atom. The van der Waals surface area contributed by atoms with Crippen LogP contribution in [0.25, 0.3) is 0 Å². The normalized spacial score (nSPS) is 13.3. The van der Waals surface area contributed by atoms with Crippen molar-refractivity contribution in [2.45, 2.75) is 32.2 Å². The van der Waals surface area contributed by atoms with Crippen LogP contribution in [0.4, 0.5) is 10.1 Å². The molecule has 30 heavy (non-hydrogen) atoms. The third kappa shape index (κ3) is 4.37. The van der Waals surface area contributed by atoms with Crippen LogP contribution >= 0.6 is 23.2 Å². The van der Waals surface area contributed by atoms with E-state index in [1.807, 2.05) is 0 Å². The van der Waals surface area contributed by atoms with E-state index in [9.17, 15) is 4.79 Å². The van der Waals surface area contributed by atoms with Crippen LogP contribution in [-0.4, -0.2) is 15.9 Å². The molecule has 2 aromatic carbocycles. The molecule has 6 nitrogen and oxygen atoms in total. The van der Waals surface area contributed by atoms with Crippen LogP contribution in [0.2, 0.25) is 10.0 Å². The zero-order valence-electron chi connectivity index (χ0n) is 16.1. The third-order valence-corrected chi connectivity index (χ3v) is 5.28. The van der Waals surface area contributed by atoms with Gasteiger partial charge in [0.2, 0.25) is 0 Å². The summed E-state index contributed by atoms with van der Waals surface area (Å²) in [5, 5.41) is 3.13. The van der Waals surface area contributed by atoms with Crippen molar-refractivity contribution in [2.75, 3.05) is 5.73 Å². The van der Waals surface area contributed by atoms with Crippen LogP contribution in [0.15, 0.2) is 30.3 Å². The summed E-state index contributed by atoms with van der Waals surface area (Å²) >= 11 is 12.1. The number of aryl methyl sites for hydroxylation is 1. The topological polar surface area (TPSA) is 93.0 Å². The molecule has 0 atom stereocenters. The quantitative estimate of drug-likeness (QED) is 0.443. The molecule has 0 saturated heterocycles. The number of nitrogen functional groups attached to an aromatic ring is 1. The molecule has 1 aliphatic carbocycles. The molecule has 4 N–H and O–H groups in total. The number of nitrogens with one attached hydrogen (secondary N) is 2. The second kappa shape index (κ2) is 8.16. The van der Waals surface area contributed by atoms with E-state index in [-0.39, 0.29) is 34.5 Å². The second-order valence-corrected chi connectivity index (χ2v) is 8.07. The van der Waals surface area contributed by atoms with Crippen molar-refractivity contribution in [3.8, 4) is 11.5 Å². The van der Waals surface area contributed by atoms with Gasteiger partial charge >= 0.3 is 0 Å². The molecule has 1 aromatic heterocycles. The first-order valence-corrected chi connectivity index (χ1v) is 10.1. The predicted octanol–water partition coefficient (Wildman–Crippen LogP) is 5.35. The molecule has 9 heteroatoms. The van der Waals surface area contributed by atoms with Crippen molar-refractivity contribution in [2.24, 2.45) is 0 Å². The Bertz CT molecular complexity index is 1110. The van der Waals surface area contributed by atoms with Crippen molar-refractivity contribution >= 4 is 34.8 Å². The number of benzene rings is 2. The number of H-pyrrole nitrogens is 1. The van der Waals surface area contributed by atoms with Gasteiger partial charge in [-0.05, 0) is 38.0 Å². The van der Waals surface area contributed by atoms with Gasteiger partial charge in [0, 0.05) is 40.5 Å². The van der Waals surface area contributed by atoms with Gasteiger partial charge in [0.25, 0.3) is 5.91 Å². The number of nitrogens with two attached hydrogens (primary N) is 1. The van der Waals surface area contributed by atoms with Gasteiger partial charge in [-0.15, -0.1) is 0 Å². The molecule has 3 aromatic rings. The zero-order valence-corrected chi connectivity index (χ0v) is 17.6. The molecule has 0 aliphatic heterocycles. The number of ether oxygens (including phenoxy) is 1. The summed E-state index contributed by atoms with van der Waals surface area (Å²) in [7, 11) is 0. The molecule has 1 aliphatic rings. The van der Waals surface area contributed by atoms with E-state index in [0.29, 0.717) is 28.0 Å². The summed E-state index contributed by atoms with van der Waals surface area (Å²) in [6, 6.07) is 7.54. The van der Waals surface area contributed by atoms with Crippen molar-refractivity contribution in [3.05, 3.63) is 69.0 Å². The van der Waals surface area contributed by atoms with Gasteiger partial charge in [0.1, 0.15) is 17.3 Å². The molecule has 0 unspecified atom stereocenters. The number of aromatic amines is 1. The third-order valence-electron chi connectivity index (χ3n) is 4.76. The molecule has 0 radical (unpaired) electrons. The van der Waals surface area contributed by atoms with Crippen molar-refractivity contribution < 1.29 is 13.9 Å². The largest absolute Gasteiger partial charge is 0.453 e. The Morgan fingerprint density at radius 1 is 1.33 bits per heavy atom. The lowest BCUT2D eigenvalue weighted by molar-refractivity contribution is 0.0945. The maximum Gasteiger partial charge on any atom is 0.272 e. The number of halogens is 3. The fraction of sp³-hybridized carbons (Fsp3) is 0.238. The molecule has 4 rings (SSSR count). The zero-order chi connectivity index (χ0) is 21.4. The number of amides is 1. The van der Waals surface area contributed by atoms with Gasteiger partial charge in [-0.1, -0.05) is 29.3 Å². The van der Waals surface area contributed by atoms with Crippen molar-refractivity contribution in [1.29, 1.82) is 0 Å². The van der Waals surface area contributed by atoms with Crippen LogP contribution < -0.4 is 15.8 Å². The Labute approximate surface area is 182 Å². The first-order valence-electron chi connectivity index (χ1n) is 9.37. The van der Waals surface area contributed by atoms with Gasteiger partial charge in [-0.3, -0.25) is 4.79 Å². The highest BCUT2D eigenvalue weighted by Gasteiger charge is 2.28. The molecule has 1 amide bonds. The minimum absolute atomic E-state index is 0.0546. The summed E-state index contributed by atoms with van der Waals surface area (Å²) in [6.45, 7) is 1.74. The highest BCUT2D eigenvalue weighted by atomic mass is 35.5. The smallest absolute Gasteiger partial charge is 0.272 e. The molecular weight excluding hydrogens is 430 g/mol. The van der Waals surface area contributed by atoms with E-state index in [0.717, 1.165) is 18.7 Å². The Kier molecular flexibility index (Phi) is 5.58. The van der Waals surface area contributed by atoms with Gasteiger partial charge in [0.15, 0.2) is 11.6 Å². The number of anilines is 1. The highest BCUT2D eigenvalue weighted by molar-refractivity contribution is 6.32. The lowest BCUT2D eigenvalue weighted by atomic mass is 10.2. The standard InChI is InChI=1S/C21H19Cl2FN4O2/c1-10-18(28-20(27-10)11-2-3-11)21(29)26-9-12-4-5-16(23)19(17(12)24)30-15-7-13(22)6-14(25)8-15/h4-8,11H,2-3,9,25H2,1H3,(H,26,29)(H,27,28). The number of rotatable bonds is 6. The minimum atomic E-state index is -0.682. The van der Waals surface area contributed by atoms with Crippen LogP contribution in [0.5, 0.6) is 11.5 Å². The lowest BCUT2D eigenvalue weighted by Crippen LogP contribution is -2.24. The Hall–Kier alpha value is -2.77. The lowest BCUT2D eigenvalue weighted by Gasteiger charge is -2.13. The summed E-state index contributed by atoms with van der Waals surface area (Å²) in [6.07, 6.45) is 2.15. The Balaban J connectivity index is 1.50. The van der Waals surface area contributed by atoms with E-state index in [1.54, 1.807) is 13.0 Å². The number of hydrogen-bond acceptors (Lipinski definition) is 4. The van der Waals surface area contributed by atoms with Crippen molar-refractivity contribution in [3.63, 3.8) is 0 Å². The summed E-state index contributed by atoms with van der Waals surface area (Å²) in [4.78, 5) is 20.0. The molecule has 0 spiro atoms. The van der Waals surface area contributed by atoms with Crippen molar-refractivity contribution in [1.82, 2.24) is 15.3 Å². The molecule has 1 saturated carbocycles. The van der Waals surface area contributed by atoms with E-state index in [4.69, 9.17) is 33.7 Å². The number of nitrogens with zero attached hydrogens (tertiary/aromatic N) is 1. The van der Waals surface area contributed by atoms with Crippen LogP contribution in [-0.2, 0) is 6.54 Å². The number of aromatic nitrogens is 2. The molecule has 156 valence electrons. The van der Waals surface area contributed by atoms with E-state index in [1.165, 1.54) is 24.3 Å².